The van der Waals surface area contributed by atoms with Crippen LogP contribution in [-0.4, -0.2) is 43.2 Å². The lowest BCUT2D eigenvalue weighted by molar-refractivity contribution is 0.0696. The lowest BCUT2D eigenvalue weighted by atomic mass is 10.1. The fourth-order valence-electron chi connectivity index (χ4n) is 1.18. The van der Waals surface area contributed by atoms with Gasteiger partial charge in [0.05, 0.1) is 18.8 Å². The summed E-state index contributed by atoms with van der Waals surface area (Å²) in [5.74, 6) is -0.903. The van der Waals surface area contributed by atoms with Crippen molar-refractivity contribution in [2.75, 3.05) is 27.2 Å². The summed E-state index contributed by atoms with van der Waals surface area (Å²) < 4.78 is 5.44. The van der Waals surface area contributed by atoms with Crippen LogP contribution in [0.25, 0.3) is 0 Å². The lowest BCUT2D eigenvalue weighted by Gasteiger charge is -2.09. The van der Waals surface area contributed by atoms with Gasteiger partial charge in [-0.05, 0) is 31.8 Å². The quantitative estimate of drug-likeness (QED) is 0.742. The first-order chi connectivity index (χ1) is 7.59. The largest absolute Gasteiger partial charge is 0.478 e. The molecule has 4 heteroatoms. The van der Waals surface area contributed by atoms with Crippen LogP contribution in [0.15, 0.2) is 24.3 Å². The van der Waals surface area contributed by atoms with E-state index < -0.39 is 5.97 Å². The molecule has 0 heterocycles. The molecular weight excluding hydrogens is 206 g/mol. The van der Waals surface area contributed by atoms with Gasteiger partial charge in [-0.25, -0.2) is 4.79 Å². The van der Waals surface area contributed by atoms with Gasteiger partial charge in [-0.3, -0.25) is 0 Å². The van der Waals surface area contributed by atoms with Gasteiger partial charge in [0.2, 0.25) is 0 Å². The average Bonchev–Trinajstić information content (AvgIpc) is 2.25. The second-order valence-electron chi connectivity index (χ2n) is 3.86. The van der Waals surface area contributed by atoms with E-state index in [4.69, 9.17) is 9.84 Å². The van der Waals surface area contributed by atoms with Gasteiger partial charge in [0.1, 0.15) is 0 Å². The van der Waals surface area contributed by atoms with Crippen molar-refractivity contribution in [1.82, 2.24) is 4.90 Å². The number of benzene rings is 1. The van der Waals surface area contributed by atoms with Crippen molar-refractivity contribution in [1.29, 1.82) is 0 Å². The summed E-state index contributed by atoms with van der Waals surface area (Å²) in [6, 6.07) is 6.73. The molecule has 0 radical (unpaired) electrons. The zero-order valence-electron chi connectivity index (χ0n) is 9.64. The Hall–Kier alpha value is -1.39. The minimum Gasteiger partial charge on any atom is -0.478 e. The molecule has 0 spiro atoms. The summed E-state index contributed by atoms with van der Waals surface area (Å²) in [5, 5.41) is 8.71. The number of rotatable bonds is 6. The third-order valence-corrected chi connectivity index (χ3v) is 2.15. The normalized spacial score (nSPS) is 10.7. The molecule has 0 atom stereocenters. The molecule has 0 aromatic heterocycles. The highest BCUT2D eigenvalue weighted by molar-refractivity contribution is 5.87. The second-order valence-corrected chi connectivity index (χ2v) is 3.86. The van der Waals surface area contributed by atoms with Crippen molar-refractivity contribution in [3.63, 3.8) is 0 Å². The van der Waals surface area contributed by atoms with E-state index in [-0.39, 0.29) is 0 Å². The van der Waals surface area contributed by atoms with E-state index in [0.29, 0.717) is 18.8 Å². The number of aromatic carboxylic acids is 1. The van der Waals surface area contributed by atoms with Gasteiger partial charge >= 0.3 is 5.97 Å². The molecule has 1 N–H and O–H groups in total. The van der Waals surface area contributed by atoms with E-state index in [1.165, 1.54) is 0 Å². The Balaban J connectivity index is 2.35. The van der Waals surface area contributed by atoms with Gasteiger partial charge in [-0.15, -0.1) is 0 Å². The van der Waals surface area contributed by atoms with Crippen LogP contribution in [0.1, 0.15) is 15.9 Å². The van der Waals surface area contributed by atoms with Crippen LogP contribution in [0.2, 0.25) is 0 Å². The van der Waals surface area contributed by atoms with Crippen molar-refractivity contribution in [2.24, 2.45) is 0 Å². The van der Waals surface area contributed by atoms with Crippen molar-refractivity contribution in [3.8, 4) is 0 Å². The first kappa shape index (κ1) is 12.7. The molecule has 0 aliphatic rings. The number of hydrogen-bond donors (Lipinski definition) is 1. The number of nitrogens with zero attached hydrogens (tertiary/aromatic N) is 1. The molecule has 0 unspecified atom stereocenters. The number of ether oxygens (including phenoxy) is 1. The maximum absolute atomic E-state index is 10.6. The van der Waals surface area contributed by atoms with E-state index >= 15 is 0 Å². The summed E-state index contributed by atoms with van der Waals surface area (Å²) in [6.45, 7) is 2.08. The van der Waals surface area contributed by atoms with Gasteiger partial charge in [-0.2, -0.15) is 0 Å². The molecule has 88 valence electrons. The third-order valence-electron chi connectivity index (χ3n) is 2.15. The molecule has 1 aromatic rings. The van der Waals surface area contributed by atoms with Crippen LogP contribution in [0.4, 0.5) is 0 Å². The van der Waals surface area contributed by atoms with Gasteiger partial charge in [0, 0.05) is 6.54 Å². The molecule has 0 bridgehead atoms. The Morgan fingerprint density at radius 3 is 2.44 bits per heavy atom. The minimum atomic E-state index is -0.903. The first-order valence-corrected chi connectivity index (χ1v) is 5.14. The van der Waals surface area contributed by atoms with E-state index in [0.717, 1.165) is 12.1 Å². The molecule has 0 amide bonds. The molecule has 0 saturated carbocycles. The predicted octanol–water partition coefficient (Wildman–Crippen LogP) is 1.46. The molecule has 0 saturated heterocycles. The predicted molar refractivity (Wildman–Crippen MR) is 61.6 cm³/mol. The van der Waals surface area contributed by atoms with Gasteiger partial charge < -0.3 is 14.7 Å². The third kappa shape index (κ3) is 4.42. The smallest absolute Gasteiger partial charge is 0.335 e. The van der Waals surface area contributed by atoms with Crippen LogP contribution in [0, 0.1) is 0 Å². The van der Waals surface area contributed by atoms with Crippen molar-refractivity contribution in [2.45, 2.75) is 6.61 Å². The van der Waals surface area contributed by atoms with E-state index in [9.17, 15) is 4.79 Å². The molecular formula is C12H17NO3. The molecule has 0 fully saturated rings. The van der Waals surface area contributed by atoms with E-state index in [1.54, 1.807) is 24.3 Å². The topological polar surface area (TPSA) is 49.8 Å². The number of carboxylic acid groups (broad SMARTS) is 1. The summed E-state index contributed by atoms with van der Waals surface area (Å²) in [7, 11) is 3.98. The van der Waals surface area contributed by atoms with Gasteiger partial charge in [0.25, 0.3) is 0 Å². The summed E-state index contributed by atoms with van der Waals surface area (Å²) in [4.78, 5) is 12.7. The van der Waals surface area contributed by atoms with Gasteiger partial charge in [0.15, 0.2) is 0 Å². The maximum Gasteiger partial charge on any atom is 0.335 e. The molecule has 1 aromatic carbocycles. The number of likely N-dealkylation sites (N-methyl/N-ethyl adjacent to an activating group) is 1. The highest BCUT2D eigenvalue weighted by Gasteiger charge is 2.01. The van der Waals surface area contributed by atoms with E-state index in [1.807, 2.05) is 19.0 Å². The van der Waals surface area contributed by atoms with Crippen molar-refractivity contribution in [3.05, 3.63) is 35.4 Å². The summed E-state index contributed by atoms with van der Waals surface area (Å²) in [5.41, 5.74) is 1.29. The van der Waals surface area contributed by atoms with Crippen LogP contribution in [0.5, 0.6) is 0 Å². The zero-order valence-corrected chi connectivity index (χ0v) is 9.64. The highest BCUT2D eigenvalue weighted by Crippen LogP contribution is 2.05. The lowest BCUT2D eigenvalue weighted by Crippen LogP contribution is -2.17. The zero-order chi connectivity index (χ0) is 12.0. The Kier molecular flexibility index (Phi) is 4.95. The molecule has 0 aliphatic heterocycles. The van der Waals surface area contributed by atoms with Crippen LogP contribution < -0.4 is 0 Å². The average molecular weight is 223 g/mol. The first-order valence-electron chi connectivity index (χ1n) is 5.14. The van der Waals surface area contributed by atoms with Crippen LogP contribution >= 0.6 is 0 Å². The molecule has 0 aliphatic carbocycles. The summed E-state index contributed by atoms with van der Waals surface area (Å²) >= 11 is 0. The number of hydrogen-bond acceptors (Lipinski definition) is 3. The molecule has 4 nitrogen and oxygen atoms in total. The number of carboxylic acids is 1. The monoisotopic (exact) mass is 223 g/mol. The Morgan fingerprint density at radius 1 is 1.31 bits per heavy atom. The fourth-order valence-corrected chi connectivity index (χ4v) is 1.18. The Bertz CT molecular complexity index is 333. The highest BCUT2D eigenvalue weighted by atomic mass is 16.5. The van der Waals surface area contributed by atoms with Crippen molar-refractivity contribution >= 4 is 5.97 Å². The SMILES string of the molecule is CN(C)CCOCc1ccc(C(=O)O)cc1. The standard InChI is InChI=1S/C12H17NO3/c1-13(2)7-8-16-9-10-3-5-11(6-4-10)12(14)15/h3-6H,7-9H2,1-2H3,(H,14,15). The fraction of sp³-hybridized carbons (Fsp3) is 0.417. The Labute approximate surface area is 95.5 Å². The molecule has 16 heavy (non-hydrogen) atoms. The van der Waals surface area contributed by atoms with E-state index in [2.05, 4.69) is 0 Å². The van der Waals surface area contributed by atoms with Crippen molar-refractivity contribution < 1.29 is 14.6 Å². The van der Waals surface area contributed by atoms with Crippen LogP contribution in [0.3, 0.4) is 0 Å². The second kappa shape index (κ2) is 6.25. The molecule has 1 rings (SSSR count). The van der Waals surface area contributed by atoms with Gasteiger partial charge in [-0.1, -0.05) is 12.1 Å². The minimum absolute atomic E-state index is 0.303. The number of carbonyl (C=O) groups is 1. The summed E-state index contributed by atoms with van der Waals surface area (Å²) in [6.07, 6.45) is 0. The van der Waals surface area contributed by atoms with Crippen LogP contribution in [-0.2, 0) is 11.3 Å². The Morgan fingerprint density at radius 2 is 1.94 bits per heavy atom. The maximum atomic E-state index is 10.6.